The third kappa shape index (κ3) is 4.42. The summed E-state index contributed by atoms with van der Waals surface area (Å²) in [6, 6.07) is 18.0. The zero-order valence-corrected chi connectivity index (χ0v) is 21.7. The van der Waals surface area contributed by atoms with Crippen LogP contribution < -0.4 is 4.80 Å². The van der Waals surface area contributed by atoms with Crippen molar-refractivity contribution < 1.29 is 13.2 Å². The van der Waals surface area contributed by atoms with Crippen LogP contribution in [0.1, 0.15) is 32.6 Å². The van der Waals surface area contributed by atoms with E-state index >= 15 is 0 Å². The molecule has 1 amide bonds. The lowest BCUT2D eigenvalue weighted by Gasteiger charge is -2.28. The van der Waals surface area contributed by atoms with Crippen LogP contribution in [0.2, 0.25) is 0 Å². The maximum absolute atomic E-state index is 13.2. The number of carbonyl (C=O) groups excluding carboxylic acids is 1. The average Bonchev–Trinajstić information content (AvgIpc) is 3.19. The molecule has 0 unspecified atom stereocenters. The Balaban J connectivity index is 1.43. The lowest BCUT2D eigenvalue weighted by molar-refractivity contribution is 0.0998. The molecule has 4 aromatic rings. The highest BCUT2D eigenvalue weighted by molar-refractivity contribution is 7.89. The minimum atomic E-state index is -3.68. The molecular weight excluding hydrogens is 490 g/mol. The van der Waals surface area contributed by atoms with E-state index in [2.05, 4.69) is 23.0 Å². The van der Waals surface area contributed by atoms with Crippen LogP contribution in [0.4, 0.5) is 0 Å². The lowest BCUT2D eigenvalue weighted by atomic mass is 10.0. The molecule has 36 heavy (non-hydrogen) atoms. The molecule has 8 heteroatoms. The van der Waals surface area contributed by atoms with Crippen molar-refractivity contribution in [1.29, 1.82) is 0 Å². The third-order valence-electron chi connectivity index (χ3n) is 6.58. The van der Waals surface area contributed by atoms with Gasteiger partial charge in [0.1, 0.15) is 0 Å². The normalized spacial score (nSPS) is 14.5. The maximum Gasteiger partial charge on any atom is 0.279 e. The van der Waals surface area contributed by atoms with Gasteiger partial charge in [-0.15, -0.1) is 6.42 Å². The number of aryl methyl sites for hydroxylation is 2. The van der Waals surface area contributed by atoms with Gasteiger partial charge in [-0.05, 0) is 78.9 Å². The first-order chi connectivity index (χ1) is 17.3. The first kappa shape index (κ1) is 24.2. The molecule has 1 aliphatic heterocycles. The quantitative estimate of drug-likeness (QED) is 0.377. The van der Waals surface area contributed by atoms with Gasteiger partial charge in [-0.25, -0.2) is 8.42 Å². The summed E-state index contributed by atoms with van der Waals surface area (Å²) in [6.07, 6.45) is 6.26. The molecule has 1 aliphatic rings. The number of sulfonamides is 1. The van der Waals surface area contributed by atoms with Crippen LogP contribution in [-0.4, -0.2) is 29.7 Å². The molecular formula is C28H25N3O3S2. The van der Waals surface area contributed by atoms with Crippen LogP contribution in [0, 0.1) is 26.2 Å². The van der Waals surface area contributed by atoms with Gasteiger partial charge in [-0.2, -0.15) is 9.30 Å². The average molecular weight is 516 g/mol. The molecule has 5 rings (SSSR count). The van der Waals surface area contributed by atoms with E-state index in [1.807, 2.05) is 42.7 Å². The van der Waals surface area contributed by atoms with Gasteiger partial charge in [0.15, 0.2) is 4.80 Å². The van der Waals surface area contributed by atoms with Gasteiger partial charge in [0.25, 0.3) is 5.91 Å². The van der Waals surface area contributed by atoms with Crippen molar-refractivity contribution in [3.05, 3.63) is 93.3 Å². The summed E-state index contributed by atoms with van der Waals surface area (Å²) in [4.78, 5) is 18.0. The van der Waals surface area contributed by atoms with Crippen LogP contribution >= 0.6 is 11.3 Å². The van der Waals surface area contributed by atoms with E-state index in [1.54, 1.807) is 0 Å². The zero-order valence-electron chi connectivity index (χ0n) is 20.1. The molecule has 0 aliphatic carbocycles. The molecule has 182 valence electrons. The molecule has 0 saturated heterocycles. The second kappa shape index (κ2) is 9.51. The highest BCUT2D eigenvalue weighted by atomic mass is 32.2. The molecule has 0 N–H and O–H groups in total. The van der Waals surface area contributed by atoms with Crippen LogP contribution in [0.5, 0.6) is 0 Å². The van der Waals surface area contributed by atoms with Crippen molar-refractivity contribution in [2.24, 2.45) is 4.99 Å². The second-order valence-corrected chi connectivity index (χ2v) is 11.8. The van der Waals surface area contributed by atoms with Crippen LogP contribution in [-0.2, 0) is 29.5 Å². The highest BCUT2D eigenvalue weighted by Gasteiger charge is 2.28. The van der Waals surface area contributed by atoms with Gasteiger partial charge in [0.05, 0.1) is 21.7 Å². The van der Waals surface area contributed by atoms with Gasteiger partial charge in [-0.3, -0.25) is 4.79 Å². The first-order valence-electron chi connectivity index (χ1n) is 11.6. The monoisotopic (exact) mass is 515 g/mol. The van der Waals surface area contributed by atoms with Crippen LogP contribution in [0.3, 0.4) is 0 Å². The Morgan fingerprint density at radius 1 is 1.06 bits per heavy atom. The summed E-state index contributed by atoms with van der Waals surface area (Å²) in [5.74, 6) is 2.19. The predicted octanol–water partition coefficient (Wildman–Crippen LogP) is 4.44. The summed E-state index contributed by atoms with van der Waals surface area (Å²) < 4.78 is 30.8. The number of nitrogens with zero attached hydrogens (tertiary/aromatic N) is 3. The zero-order chi connectivity index (χ0) is 25.4. The minimum Gasteiger partial charge on any atom is -0.305 e. The highest BCUT2D eigenvalue weighted by Crippen LogP contribution is 2.25. The van der Waals surface area contributed by atoms with Gasteiger partial charge in [0.2, 0.25) is 10.0 Å². The Kier molecular flexibility index (Phi) is 6.39. The molecule has 0 atom stereocenters. The topological polar surface area (TPSA) is 71.7 Å². The number of hydrogen-bond donors (Lipinski definition) is 0. The fourth-order valence-corrected chi connectivity index (χ4v) is 6.92. The third-order valence-corrected chi connectivity index (χ3v) is 9.48. The maximum atomic E-state index is 13.2. The molecule has 0 fully saturated rings. The van der Waals surface area contributed by atoms with Gasteiger partial charge < -0.3 is 4.57 Å². The number of hydrogen-bond acceptors (Lipinski definition) is 4. The molecule has 0 bridgehead atoms. The Bertz CT molecular complexity index is 1710. The van der Waals surface area contributed by atoms with Crippen molar-refractivity contribution in [3.8, 4) is 12.3 Å². The molecule has 2 heterocycles. The molecule has 0 saturated carbocycles. The lowest BCUT2D eigenvalue weighted by Crippen LogP contribution is -2.35. The second-order valence-electron chi connectivity index (χ2n) is 8.88. The molecule has 6 nitrogen and oxygen atoms in total. The van der Waals surface area contributed by atoms with Crippen molar-refractivity contribution in [2.45, 2.75) is 38.3 Å². The number of fused-ring (bicyclic) bond motifs is 2. The Labute approximate surface area is 214 Å². The van der Waals surface area contributed by atoms with Crippen LogP contribution in [0.15, 0.2) is 70.6 Å². The summed E-state index contributed by atoms with van der Waals surface area (Å²) in [5.41, 5.74) is 5.75. The Morgan fingerprint density at radius 2 is 1.75 bits per heavy atom. The number of aromatic nitrogens is 1. The first-order valence-corrected chi connectivity index (χ1v) is 13.8. The molecule has 0 spiro atoms. The van der Waals surface area contributed by atoms with Gasteiger partial charge in [-0.1, -0.05) is 41.5 Å². The van der Waals surface area contributed by atoms with E-state index in [9.17, 15) is 13.2 Å². The van der Waals surface area contributed by atoms with E-state index in [4.69, 9.17) is 6.42 Å². The predicted molar refractivity (Wildman–Crippen MR) is 142 cm³/mol. The summed E-state index contributed by atoms with van der Waals surface area (Å²) in [7, 11) is -3.68. The standard InChI is InChI=1S/C28H25N3O3S2/c1-4-14-31-25-16-19(2)20(3)17-26(25)35-28(31)29-27(32)22-9-11-24(12-10-22)36(33,34)30-15-13-21-7-5-6-8-23(21)18-30/h1,5-12,16-17H,13-15,18H2,2-3H3. The smallest absolute Gasteiger partial charge is 0.279 e. The summed E-state index contributed by atoms with van der Waals surface area (Å²) in [6.45, 7) is 5.14. The van der Waals surface area contributed by atoms with Gasteiger partial charge >= 0.3 is 0 Å². The Morgan fingerprint density at radius 3 is 2.47 bits per heavy atom. The minimum absolute atomic E-state index is 0.161. The van der Waals surface area contributed by atoms with Crippen molar-refractivity contribution in [3.63, 3.8) is 0 Å². The summed E-state index contributed by atoms with van der Waals surface area (Å²) in [5, 5.41) is 0. The van der Waals surface area contributed by atoms with E-state index < -0.39 is 15.9 Å². The number of thiazole rings is 1. The SMILES string of the molecule is C#CCn1c(=NC(=O)c2ccc(S(=O)(=O)N3CCc4ccccc4C3)cc2)sc2cc(C)c(C)cc21. The number of benzene rings is 3. The fourth-order valence-electron chi connectivity index (χ4n) is 4.40. The number of terminal acetylenes is 1. The van der Waals surface area contributed by atoms with E-state index in [1.165, 1.54) is 45.5 Å². The molecule has 0 radical (unpaired) electrons. The van der Waals surface area contributed by atoms with E-state index in [0.717, 1.165) is 26.9 Å². The van der Waals surface area contributed by atoms with Crippen molar-refractivity contribution in [1.82, 2.24) is 8.87 Å². The number of amides is 1. The Hall–Kier alpha value is -3.51. The molecule has 3 aromatic carbocycles. The number of carbonyl (C=O) groups is 1. The van der Waals surface area contributed by atoms with Crippen LogP contribution in [0.25, 0.3) is 10.2 Å². The number of rotatable bonds is 4. The van der Waals surface area contributed by atoms with E-state index in [0.29, 0.717) is 36.4 Å². The molecule has 1 aromatic heterocycles. The van der Waals surface area contributed by atoms with Crippen molar-refractivity contribution >= 4 is 37.5 Å². The fraction of sp³-hybridized carbons (Fsp3) is 0.214. The van der Waals surface area contributed by atoms with E-state index in [-0.39, 0.29) is 4.90 Å². The largest absolute Gasteiger partial charge is 0.305 e. The van der Waals surface area contributed by atoms with Gasteiger partial charge in [0, 0.05) is 18.7 Å². The van der Waals surface area contributed by atoms with Crippen molar-refractivity contribution in [2.75, 3.05) is 6.54 Å². The summed E-state index contributed by atoms with van der Waals surface area (Å²) >= 11 is 1.41.